The number of hydrogen-bond donors (Lipinski definition) is 3. The predicted octanol–water partition coefficient (Wildman–Crippen LogP) is 1.35. The molecule has 4 N–H and O–H groups in total. The summed E-state index contributed by atoms with van der Waals surface area (Å²) in [7, 11) is 1.82. The summed E-state index contributed by atoms with van der Waals surface area (Å²) >= 11 is 4.88. The topological polar surface area (TPSA) is 78.6 Å². The minimum atomic E-state index is -0.466. The highest BCUT2D eigenvalue weighted by Crippen LogP contribution is 2.16. The summed E-state index contributed by atoms with van der Waals surface area (Å²) in [5.74, 6) is -0.137. The molecule has 1 atom stereocenters. The number of nitrogens with one attached hydrogen (secondary N) is 1. The Bertz CT molecular complexity index is 514. The van der Waals surface area contributed by atoms with Gasteiger partial charge in [-0.25, -0.2) is 0 Å². The van der Waals surface area contributed by atoms with Crippen molar-refractivity contribution in [1.82, 2.24) is 4.90 Å². The van der Waals surface area contributed by atoms with Gasteiger partial charge >= 0.3 is 0 Å². The van der Waals surface area contributed by atoms with Crippen molar-refractivity contribution >= 4 is 28.8 Å². The van der Waals surface area contributed by atoms with E-state index in [1.54, 1.807) is 31.2 Å². The second kappa shape index (κ2) is 6.98. The molecule has 0 fully saturated rings. The first kappa shape index (κ1) is 17.6. The standard InChI is InChI=1S/C15H23N3O2S/c1-10(18(4)15(2,3)9-19)14(20)17-12-7-5-11(6-8-12)13(16)21/h5-8,10,19H,9H2,1-4H3,(H2,16,21)(H,17,20). The number of thiocarbonyl (C=S) groups is 1. The van der Waals surface area contributed by atoms with E-state index in [0.29, 0.717) is 10.7 Å². The van der Waals surface area contributed by atoms with Crippen LogP contribution in [0.3, 0.4) is 0 Å². The molecule has 21 heavy (non-hydrogen) atoms. The van der Waals surface area contributed by atoms with Gasteiger partial charge in [0.25, 0.3) is 0 Å². The minimum absolute atomic E-state index is 0.0240. The molecule has 6 heteroatoms. The molecule has 1 rings (SSSR count). The van der Waals surface area contributed by atoms with E-state index in [1.165, 1.54) is 0 Å². The second-order valence-corrected chi connectivity index (χ2v) is 6.13. The summed E-state index contributed by atoms with van der Waals surface area (Å²) in [4.78, 5) is 14.4. The summed E-state index contributed by atoms with van der Waals surface area (Å²) in [6.07, 6.45) is 0. The number of carbonyl (C=O) groups excluding carboxylic acids is 1. The van der Waals surface area contributed by atoms with Crippen LogP contribution in [0.1, 0.15) is 26.3 Å². The van der Waals surface area contributed by atoms with Crippen molar-refractivity contribution in [3.8, 4) is 0 Å². The van der Waals surface area contributed by atoms with Crippen molar-refractivity contribution in [2.45, 2.75) is 32.4 Å². The fraction of sp³-hybridized carbons (Fsp3) is 0.467. The van der Waals surface area contributed by atoms with Crippen molar-refractivity contribution < 1.29 is 9.90 Å². The van der Waals surface area contributed by atoms with Crippen LogP contribution in [-0.2, 0) is 4.79 Å². The molecule has 0 aliphatic heterocycles. The molecule has 1 aromatic rings. The van der Waals surface area contributed by atoms with E-state index in [9.17, 15) is 9.90 Å². The molecule has 0 saturated heterocycles. The Morgan fingerprint density at radius 1 is 1.43 bits per heavy atom. The zero-order valence-electron chi connectivity index (χ0n) is 12.9. The lowest BCUT2D eigenvalue weighted by atomic mass is 10.0. The van der Waals surface area contributed by atoms with Crippen molar-refractivity contribution in [2.75, 3.05) is 19.0 Å². The van der Waals surface area contributed by atoms with Crippen LogP contribution in [0, 0.1) is 0 Å². The first-order valence-electron chi connectivity index (χ1n) is 6.73. The molecule has 1 aromatic carbocycles. The van der Waals surface area contributed by atoms with Crippen LogP contribution in [0.15, 0.2) is 24.3 Å². The summed E-state index contributed by atoms with van der Waals surface area (Å²) in [6, 6.07) is 6.68. The molecular weight excluding hydrogens is 286 g/mol. The quantitative estimate of drug-likeness (QED) is 0.691. The molecule has 116 valence electrons. The van der Waals surface area contributed by atoms with Gasteiger partial charge in [-0.05, 0) is 52.1 Å². The number of nitrogens with zero attached hydrogens (tertiary/aromatic N) is 1. The molecule has 0 aromatic heterocycles. The average Bonchev–Trinajstić information content (AvgIpc) is 2.46. The van der Waals surface area contributed by atoms with Gasteiger partial charge in [0.05, 0.1) is 12.6 Å². The maximum Gasteiger partial charge on any atom is 0.241 e. The maximum absolute atomic E-state index is 12.3. The lowest BCUT2D eigenvalue weighted by Gasteiger charge is -2.37. The fourth-order valence-corrected chi connectivity index (χ4v) is 1.91. The van der Waals surface area contributed by atoms with E-state index in [-0.39, 0.29) is 18.6 Å². The van der Waals surface area contributed by atoms with Gasteiger partial charge in [-0.1, -0.05) is 12.2 Å². The van der Waals surface area contributed by atoms with Crippen LogP contribution in [0.2, 0.25) is 0 Å². The molecule has 0 aliphatic carbocycles. The minimum Gasteiger partial charge on any atom is -0.394 e. The van der Waals surface area contributed by atoms with Gasteiger partial charge < -0.3 is 16.2 Å². The number of hydrogen-bond acceptors (Lipinski definition) is 4. The Labute approximate surface area is 131 Å². The van der Waals surface area contributed by atoms with E-state index < -0.39 is 5.54 Å². The Balaban J connectivity index is 2.74. The molecule has 0 heterocycles. The number of benzene rings is 1. The Morgan fingerprint density at radius 3 is 2.38 bits per heavy atom. The molecule has 0 radical (unpaired) electrons. The van der Waals surface area contributed by atoms with E-state index in [4.69, 9.17) is 18.0 Å². The smallest absolute Gasteiger partial charge is 0.241 e. The third kappa shape index (κ3) is 4.49. The molecular formula is C15H23N3O2S. The fourth-order valence-electron chi connectivity index (χ4n) is 1.78. The van der Waals surface area contributed by atoms with Crippen LogP contribution in [0.5, 0.6) is 0 Å². The van der Waals surface area contributed by atoms with Gasteiger partial charge in [0.2, 0.25) is 5.91 Å². The molecule has 0 bridgehead atoms. The van der Waals surface area contributed by atoms with Crippen LogP contribution >= 0.6 is 12.2 Å². The Morgan fingerprint density at radius 2 is 1.95 bits per heavy atom. The first-order valence-corrected chi connectivity index (χ1v) is 7.14. The molecule has 0 saturated carbocycles. The van der Waals surface area contributed by atoms with E-state index in [1.807, 2.05) is 25.8 Å². The lowest BCUT2D eigenvalue weighted by molar-refractivity contribution is -0.122. The maximum atomic E-state index is 12.3. The normalized spacial score (nSPS) is 13.0. The van der Waals surface area contributed by atoms with Crippen LogP contribution in [-0.4, -0.2) is 46.1 Å². The number of aliphatic hydroxyl groups excluding tert-OH is 1. The summed E-state index contributed by atoms with van der Waals surface area (Å²) in [5.41, 5.74) is 6.51. The number of carbonyl (C=O) groups is 1. The SMILES string of the molecule is CC(C(=O)Nc1ccc(C(N)=S)cc1)N(C)C(C)(C)CO. The van der Waals surface area contributed by atoms with E-state index >= 15 is 0 Å². The molecule has 1 amide bonds. The number of rotatable bonds is 6. The van der Waals surface area contributed by atoms with Gasteiger partial charge in [0.1, 0.15) is 4.99 Å². The highest BCUT2D eigenvalue weighted by atomic mass is 32.1. The monoisotopic (exact) mass is 309 g/mol. The van der Waals surface area contributed by atoms with Crippen molar-refractivity contribution in [1.29, 1.82) is 0 Å². The van der Waals surface area contributed by atoms with Crippen LogP contribution < -0.4 is 11.1 Å². The van der Waals surface area contributed by atoms with Gasteiger partial charge in [0.15, 0.2) is 0 Å². The highest BCUT2D eigenvalue weighted by Gasteiger charge is 2.30. The zero-order valence-corrected chi connectivity index (χ0v) is 13.7. The molecule has 1 unspecified atom stereocenters. The number of likely N-dealkylation sites (N-methyl/N-ethyl adjacent to an activating group) is 1. The van der Waals surface area contributed by atoms with Crippen LogP contribution in [0.4, 0.5) is 5.69 Å². The molecule has 0 aliphatic rings. The second-order valence-electron chi connectivity index (χ2n) is 5.69. The highest BCUT2D eigenvalue weighted by molar-refractivity contribution is 7.80. The van der Waals surface area contributed by atoms with E-state index in [2.05, 4.69) is 5.32 Å². The largest absolute Gasteiger partial charge is 0.394 e. The van der Waals surface area contributed by atoms with Gasteiger partial charge in [-0.2, -0.15) is 0 Å². The van der Waals surface area contributed by atoms with Crippen molar-refractivity contribution in [3.05, 3.63) is 29.8 Å². The number of anilines is 1. The summed E-state index contributed by atoms with van der Waals surface area (Å²) in [6.45, 7) is 5.54. The van der Waals surface area contributed by atoms with Gasteiger partial charge in [0, 0.05) is 16.8 Å². The van der Waals surface area contributed by atoms with Crippen molar-refractivity contribution in [3.63, 3.8) is 0 Å². The zero-order chi connectivity index (χ0) is 16.2. The third-order valence-electron chi connectivity index (χ3n) is 3.74. The van der Waals surface area contributed by atoms with Gasteiger partial charge in [-0.3, -0.25) is 9.69 Å². The Hall–Kier alpha value is -1.50. The summed E-state index contributed by atoms with van der Waals surface area (Å²) < 4.78 is 0. The first-order chi connectivity index (χ1) is 9.69. The lowest BCUT2D eigenvalue weighted by Crippen LogP contribution is -2.52. The Kier molecular flexibility index (Phi) is 5.83. The number of amides is 1. The summed E-state index contributed by atoms with van der Waals surface area (Å²) in [5, 5.41) is 12.2. The average molecular weight is 309 g/mol. The van der Waals surface area contributed by atoms with Crippen molar-refractivity contribution in [2.24, 2.45) is 5.73 Å². The predicted molar refractivity (Wildman–Crippen MR) is 89.3 cm³/mol. The van der Waals surface area contributed by atoms with Gasteiger partial charge in [-0.15, -0.1) is 0 Å². The third-order valence-corrected chi connectivity index (χ3v) is 3.97. The van der Waals surface area contributed by atoms with E-state index in [0.717, 1.165) is 5.56 Å². The molecule has 5 nitrogen and oxygen atoms in total. The number of nitrogens with two attached hydrogens (primary N) is 1. The number of aliphatic hydroxyl groups is 1. The van der Waals surface area contributed by atoms with Crippen LogP contribution in [0.25, 0.3) is 0 Å². The molecule has 0 spiro atoms.